The molecular weight excluding hydrogens is 571 g/mol. The molecule has 0 bridgehead atoms. The van der Waals surface area contributed by atoms with Crippen molar-refractivity contribution in [3.05, 3.63) is 59.7 Å². The van der Waals surface area contributed by atoms with Crippen LogP contribution in [0.1, 0.15) is 77.3 Å². The van der Waals surface area contributed by atoms with Gasteiger partial charge in [-0.3, -0.25) is 4.79 Å². The summed E-state index contributed by atoms with van der Waals surface area (Å²) in [4.78, 5) is 11.8. The second kappa shape index (κ2) is 14.6. The summed E-state index contributed by atoms with van der Waals surface area (Å²) < 4.78 is 27.9. The van der Waals surface area contributed by atoms with E-state index >= 15 is 4.39 Å². The Hall–Kier alpha value is -1.24. The SMILES string of the molecule is CC(=O)OC1CC(F)C(/C=C/C(CCC2Cc3ccccc3C2)O[Si](C)(C)C(C)(C)C)C1C/C=C/CCCBr. The summed E-state index contributed by atoms with van der Waals surface area (Å²) in [6.07, 6.45) is 14.4. The minimum atomic E-state index is -2.02. The van der Waals surface area contributed by atoms with Gasteiger partial charge in [0.25, 0.3) is 0 Å². The third kappa shape index (κ3) is 9.39. The number of carbonyl (C=O) groups excluding carboxylic acids is 1. The van der Waals surface area contributed by atoms with Crippen LogP contribution in [-0.4, -0.2) is 38.0 Å². The van der Waals surface area contributed by atoms with Gasteiger partial charge in [-0.1, -0.05) is 85.3 Å². The van der Waals surface area contributed by atoms with Crippen LogP contribution in [0, 0.1) is 17.8 Å². The molecular formula is C33H50BrFO3Si. The largest absolute Gasteiger partial charge is 0.462 e. The zero-order valence-corrected chi connectivity index (χ0v) is 27.5. The summed E-state index contributed by atoms with van der Waals surface area (Å²) in [6, 6.07) is 8.79. The van der Waals surface area contributed by atoms with Gasteiger partial charge in [0.2, 0.25) is 0 Å². The van der Waals surface area contributed by atoms with Gasteiger partial charge < -0.3 is 9.16 Å². The summed E-state index contributed by atoms with van der Waals surface area (Å²) >= 11 is 3.47. The number of ether oxygens (including phenoxy) is 1. The third-order valence-electron chi connectivity index (χ3n) is 9.04. The highest BCUT2D eigenvalue weighted by Gasteiger charge is 2.44. The predicted octanol–water partition coefficient (Wildman–Crippen LogP) is 9.16. The molecule has 1 aromatic carbocycles. The van der Waals surface area contributed by atoms with Crippen LogP contribution in [0.4, 0.5) is 4.39 Å². The fourth-order valence-corrected chi connectivity index (χ4v) is 7.44. The van der Waals surface area contributed by atoms with Crippen LogP contribution in [0.15, 0.2) is 48.6 Å². The molecule has 5 atom stereocenters. The number of alkyl halides is 2. The van der Waals surface area contributed by atoms with Crippen LogP contribution in [0.2, 0.25) is 18.1 Å². The number of fused-ring (bicyclic) bond motifs is 1. The first-order valence-corrected chi connectivity index (χ1v) is 18.9. The van der Waals surface area contributed by atoms with Gasteiger partial charge >= 0.3 is 5.97 Å². The second-order valence-electron chi connectivity index (χ2n) is 13.1. The number of hydrogen-bond donors (Lipinski definition) is 0. The van der Waals surface area contributed by atoms with Crippen LogP contribution in [0.5, 0.6) is 0 Å². The van der Waals surface area contributed by atoms with E-state index in [4.69, 9.17) is 9.16 Å². The first kappa shape index (κ1) is 32.3. The van der Waals surface area contributed by atoms with Crippen molar-refractivity contribution in [1.82, 2.24) is 0 Å². The highest BCUT2D eigenvalue weighted by atomic mass is 79.9. The van der Waals surface area contributed by atoms with E-state index in [-0.39, 0.29) is 41.5 Å². The summed E-state index contributed by atoms with van der Waals surface area (Å²) in [5.41, 5.74) is 2.96. The molecule has 2 aliphatic carbocycles. The molecule has 3 nitrogen and oxygen atoms in total. The Bertz CT molecular complexity index is 960. The number of carbonyl (C=O) groups is 1. The first-order valence-electron chi connectivity index (χ1n) is 14.9. The number of benzene rings is 1. The lowest BCUT2D eigenvalue weighted by Gasteiger charge is -2.39. The lowest BCUT2D eigenvalue weighted by molar-refractivity contribution is -0.148. The monoisotopic (exact) mass is 620 g/mol. The Morgan fingerprint density at radius 1 is 1.18 bits per heavy atom. The number of halogens is 2. The molecule has 6 heteroatoms. The smallest absolute Gasteiger partial charge is 0.302 e. The van der Waals surface area contributed by atoms with Crippen molar-refractivity contribution in [2.24, 2.45) is 17.8 Å². The van der Waals surface area contributed by atoms with Gasteiger partial charge in [-0.25, -0.2) is 4.39 Å². The van der Waals surface area contributed by atoms with Crippen LogP contribution in [-0.2, 0) is 26.8 Å². The highest BCUT2D eigenvalue weighted by molar-refractivity contribution is 9.09. The maximum atomic E-state index is 15.4. The molecule has 0 spiro atoms. The number of rotatable bonds is 13. The van der Waals surface area contributed by atoms with Gasteiger partial charge in [-0.2, -0.15) is 0 Å². The van der Waals surface area contributed by atoms with Gasteiger partial charge in [0.1, 0.15) is 12.3 Å². The van der Waals surface area contributed by atoms with Crippen molar-refractivity contribution in [2.45, 2.75) is 116 Å². The van der Waals surface area contributed by atoms with Crippen LogP contribution < -0.4 is 0 Å². The van der Waals surface area contributed by atoms with E-state index in [1.807, 2.05) is 0 Å². The molecule has 2 aliphatic rings. The molecule has 5 unspecified atom stereocenters. The maximum Gasteiger partial charge on any atom is 0.302 e. The molecule has 3 rings (SSSR count). The Balaban J connectivity index is 1.75. The lowest BCUT2D eigenvalue weighted by Crippen LogP contribution is -2.43. The number of esters is 1. The van der Waals surface area contributed by atoms with Crippen molar-refractivity contribution in [1.29, 1.82) is 0 Å². The van der Waals surface area contributed by atoms with E-state index in [0.717, 1.165) is 43.9 Å². The summed E-state index contributed by atoms with van der Waals surface area (Å²) in [6.45, 7) is 12.8. The van der Waals surface area contributed by atoms with Crippen molar-refractivity contribution in [2.75, 3.05) is 5.33 Å². The van der Waals surface area contributed by atoms with Gasteiger partial charge in [-0.15, -0.1) is 0 Å². The van der Waals surface area contributed by atoms with Crippen LogP contribution in [0.3, 0.4) is 0 Å². The maximum absolute atomic E-state index is 15.4. The topological polar surface area (TPSA) is 35.5 Å². The quantitative estimate of drug-likeness (QED) is 0.0725. The molecule has 0 heterocycles. The summed E-state index contributed by atoms with van der Waals surface area (Å²) in [5, 5.41) is 1.07. The third-order valence-corrected chi connectivity index (χ3v) is 14.1. The van der Waals surface area contributed by atoms with E-state index < -0.39 is 14.5 Å². The summed E-state index contributed by atoms with van der Waals surface area (Å²) in [5.74, 6) is -0.0380. The van der Waals surface area contributed by atoms with E-state index in [9.17, 15) is 4.79 Å². The Labute approximate surface area is 246 Å². The molecule has 0 saturated heterocycles. The number of hydrogen-bond acceptors (Lipinski definition) is 3. The van der Waals surface area contributed by atoms with Crippen molar-refractivity contribution >= 4 is 30.2 Å². The summed E-state index contributed by atoms with van der Waals surface area (Å²) in [7, 11) is -2.02. The Morgan fingerprint density at radius 3 is 2.44 bits per heavy atom. The first-order chi connectivity index (χ1) is 18.4. The van der Waals surface area contributed by atoms with Crippen molar-refractivity contribution in [3.8, 4) is 0 Å². The lowest BCUT2D eigenvalue weighted by atomic mass is 9.89. The van der Waals surface area contributed by atoms with E-state index in [1.54, 1.807) is 0 Å². The molecule has 0 N–H and O–H groups in total. The molecule has 218 valence electrons. The van der Waals surface area contributed by atoms with Gasteiger partial charge in [-0.05, 0) is 80.1 Å². The number of unbranched alkanes of at least 4 members (excludes halogenated alkanes) is 1. The average molecular weight is 622 g/mol. The average Bonchev–Trinajstić information content (AvgIpc) is 3.39. The van der Waals surface area contributed by atoms with Gasteiger partial charge in [0.15, 0.2) is 8.32 Å². The molecule has 1 fully saturated rings. The standard InChI is InChI=1S/C33H50BrFO3Si/c1-24(36)37-32-23-31(35)29(30(32)15-9-7-8-12-20-34)19-18-28(38-39(5,6)33(2,3)4)17-16-25-21-26-13-10-11-14-27(26)22-25/h7,9-11,13-14,18-19,25,28-32H,8,12,15-17,20-23H2,1-6H3/b9-7+,19-18+. The molecule has 0 aromatic heterocycles. The molecule has 1 aromatic rings. The van der Waals surface area contributed by atoms with Crippen LogP contribution >= 0.6 is 15.9 Å². The Morgan fingerprint density at radius 2 is 1.85 bits per heavy atom. The molecule has 0 amide bonds. The van der Waals surface area contributed by atoms with Crippen molar-refractivity contribution in [3.63, 3.8) is 0 Å². The molecule has 1 saturated carbocycles. The van der Waals surface area contributed by atoms with Crippen LogP contribution in [0.25, 0.3) is 0 Å². The highest BCUT2D eigenvalue weighted by Crippen LogP contribution is 2.42. The van der Waals surface area contributed by atoms with Crippen molar-refractivity contribution < 1.29 is 18.3 Å². The molecule has 39 heavy (non-hydrogen) atoms. The normalized spacial score (nSPS) is 25.0. The van der Waals surface area contributed by atoms with E-state index in [0.29, 0.717) is 12.3 Å². The van der Waals surface area contributed by atoms with Gasteiger partial charge in [0.05, 0.1) is 6.10 Å². The molecule has 0 aliphatic heterocycles. The fourth-order valence-electron chi connectivity index (χ4n) is 5.81. The number of allylic oxidation sites excluding steroid dienone is 3. The minimum Gasteiger partial charge on any atom is -0.462 e. The zero-order chi connectivity index (χ0) is 28.6. The fraction of sp³-hybridized carbons (Fsp3) is 0.667. The molecule has 0 radical (unpaired) electrons. The van der Waals surface area contributed by atoms with E-state index in [2.05, 4.69) is 98.4 Å². The predicted molar refractivity (Wildman–Crippen MR) is 167 cm³/mol. The minimum absolute atomic E-state index is 0.0373. The second-order valence-corrected chi connectivity index (χ2v) is 18.7. The van der Waals surface area contributed by atoms with Gasteiger partial charge in [0, 0.05) is 30.5 Å². The van der Waals surface area contributed by atoms with E-state index in [1.165, 1.54) is 18.1 Å². The zero-order valence-electron chi connectivity index (χ0n) is 24.9. The Kier molecular flexibility index (Phi) is 12.1.